The Labute approximate surface area is 108 Å². The minimum absolute atomic E-state index is 0.0477. The van der Waals surface area contributed by atoms with Gasteiger partial charge in [0.1, 0.15) is 0 Å². The van der Waals surface area contributed by atoms with Crippen LogP contribution >= 0.6 is 0 Å². The van der Waals surface area contributed by atoms with Crippen LogP contribution in [0, 0.1) is 0 Å². The number of aromatic nitrogens is 4. The molecule has 0 spiro atoms. The number of H-pyrrole nitrogens is 1. The molecular weight excluding hydrogens is 248 g/mol. The summed E-state index contributed by atoms with van der Waals surface area (Å²) in [6, 6.07) is 6.53. The van der Waals surface area contributed by atoms with Gasteiger partial charge >= 0.3 is 0 Å². The monoisotopic (exact) mass is 260 g/mol. The zero-order valence-corrected chi connectivity index (χ0v) is 10.4. The van der Waals surface area contributed by atoms with Crippen LogP contribution in [0.2, 0.25) is 0 Å². The average Bonchev–Trinajstić information content (AvgIpc) is 2.92. The highest BCUT2D eigenvalue weighted by Gasteiger charge is 2.12. The van der Waals surface area contributed by atoms with Crippen LogP contribution in [0.15, 0.2) is 24.3 Å². The second kappa shape index (κ2) is 5.25. The lowest BCUT2D eigenvalue weighted by molar-refractivity contribution is 0.0827. The first kappa shape index (κ1) is 12.7. The highest BCUT2D eigenvalue weighted by molar-refractivity contribution is 6.01. The Morgan fingerprint density at radius 3 is 2.42 bits per heavy atom. The van der Waals surface area contributed by atoms with Gasteiger partial charge in [-0.15, -0.1) is 10.2 Å². The van der Waals surface area contributed by atoms with Crippen LogP contribution in [0.5, 0.6) is 0 Å². The van der Waals surface area contributed by atoms with Gasteiger partial charge in [0, 0.05) is 25.3 Å². The van der Waals surface area contributed by atoms with Gasteiger partial charge in [-0.3, -0.25) is 9.59 Å². The molecule has 2 amide bonds. The largest absolute Gasteiger partial charge is 0.345 e. The van der Waals surface area contributed by atoms with Crippen molar-refractivity contribution in [3.63, 3.8) is 0 Å². The molecule has 2 N–H and O–H groups in total. The van der Waals surface area contributed by atoms with Crippen molar-refractivity contribution in [1.29, 1.82) is 0 Å². The molecule has 8 nitrogen and oxygen atoms in total. The minimum atomic E-state index is -0.472. The molecule has 1 heterocycles. The predicted octanol–water partition coefficient (Wildman–Crippen LogP) is 0.154. The molecule has 98 valence electrons. The summed E-state index contributed by atoms with van der Waals surface area (Å²) in [4.78, 5) is 24.8. The molecule has 0 bridgehead atoms. The number of carbonyl (C=O) groups is 2. The van der Waals surface area contributed by atoms with Crippen LogP contribution in [-0.2, 0) is 0 Å². The van der Waals surface area contributed by atoms with Crippen molar-refractivity contribution in [2.75, 3.05) is 19.4 Å². The molecule has 0 unspecified atom stereocenters. The number of hydrogen-bond donors (Lipinski definition) is 2. The molecule has 0 fully saturated rings. The van der Waals surface area contributed by atoms with Crippen LogP contribution in [0.25, 0.3) is 0 Å². The van der Waals surface area contributed by atoms with E-state index in [1.54, 1.807) is 38.4 Å². The summed E-state index contributed by atoms with van der Waals surface area (Å²) in [6.45, 7) is 0. The van der Waals surface area contributed by atoms with E-state index in [1.807, 2.05) is 0 Å². The van der Waals surface area contributed by atoms with E-state index < -0.39 is 5.91 Å². The van der Waals surface area contributed by atoms with Gasteiger partial charge in [-0.25, -0.2) is 0 Å². The first-order valence-electron chi connectivity index (χ1n) is 5.44. The second-order valence-electron chi connectivity index (χ2n) is 3.97. The molecule has 0 saturated carbocycles. The number of rotatable bonds is 3. The van der Waals surface area contributed by atoms with Crippen molar-refractivity contribution >= 4 is 17.5 Å². The Bertz CT molecular complexity index is 576. The molecule has 2 aromatic rings. The SMILES string of the molecule is CN(C)C(=O)c1ccc(NC(=O)c2nn[nH]n2)cc1. The van der Waals surface area contributed by atoms with E-state index >= 15 is 0 Å². The summed E-state index contributed by atoms with van der Waals surface area (Å²) < 4.78 is 0. The Morgan fingerprint density at radius 2 is 1.89 bits per heavy atom. The molecule has 1 aromatic heterocycles. The third kappa shape index (κ3) is 2.92. The fraction of sp³-hybridized carbons (Fsp3) is 0.182. The number of benzene rings is 1. The van der Waals surface area contributed by atoms with Gasteiger partial charge in [0.15, 0.2) is 0 Å². The molecule has 0 aliphatic rings. The molecule has 0 atom stereocenters. The molecule has 8 heteroatoms. The summed E-state index contributed by atoms with van der Waals surface area (Å²) in [6.07, 6.45) is 0. The number of carbonyl (C=O) groups excluding carboxylic acids is 2. The lowest BCUT2D eigenvalue weighted by Gasteiger charge is -2.10. The van der Waals surface area contributed by atoms with Gasteiger partial charge < -0.3 is 10.2 Å². The molecule has 1 aromatic carbocycles. The maximum atomic E-state index is 11.7. The summed E-state index contributed by atoms with van der Waals surface area (Å²) >= 11 is 0. The maximum absolute atomic E-state index is 11.7. The Morgan fingerprint density at radius 1 is 1.21 bits per heavy atom. The number of tetrazole rings is 1. The standard InChI is InChI=1S/C11H12N6O2/c1-17(2)11(19)7-3-5-8(6-4-7)12-10(18)9-13-15-16-14-9/h3-6H,1-2H3,(H,12,18)(H,13,14,15,16). The lowest BCUT2D eigenvalue weighted by Crippen LogP contribution is -2.21. The van der Waals surface area contributed by atoms with Crippen molar-refractivity contribution in [1.82, 2.24) is 25.5 Å². The van der Waals surface area contributed by atoms with Gasteiger partial charge in [-0.2, -0.15) is 5.21 Å². The van der Waals surface area contributed by atoms with Gasteiger partial charge in [0.2, 0.25) is 0 Å². The van der Waals surface area contributed by atoms with E-state index in [0.717, 1.165) is 0 Å². The average molecular weight is 260 g/mol. The van der Waals surface area contributed by atoms with Crippen LogP contribution < -0.4 is 5.32 Å². The van der Waals surface area contributed by atoms with E-state index in [2.05, 4.69) is 25.9 Å². The van der Waals surface area contributed by atoms with E-state index in [9.17, 15) is 9.59 Å². The number of aromatic amines is 1. The van der Waals surface area contributed by atoms with Gasteiger partial charge in [0.05, 0.1) is 0 Å². The molecule has 19 heavy (non-hydrogen) atoms. The maximum Gasteiger partial charge on any atom is 0.297 e. The predicted molar refractivity (Wildman–Crippen MR) is 66.6 cm³/mol. The van der Waals surface area contributed by atoms with Crippen molar-refractivity contribution in [2.45, 2.75) is 0 Å². The molecule has 0 radical (unpaired) electrons. The highest BCUT2D eigenvalue weighted by Crippen LogP contribution is 2.11. The number of nitrogens with one attached hydrogen (secondary N) is 2. The molecule has 0 aliphatic carbocycles. The van der Waals surface area contributed by atoms with E-state index in [4.69, 9.17) is 0 Å². The zero-order chi connectivity index (χ0) is 13.8. The minimum Gasteiger partial charge on any atom is -0.345 e. The number of anilines is 1. The smallest absolute Gasteiger partial charge is 0.297 e. The summed E-state index contributed by atoms with van der Waals surface area (Å²) in [7, 11) is 3.35. The Balaban J connectivity index is 2.07. The van der Waals surface area contributed by atoms with Crippen LogP contribution in [0.1, 0.15) is 21.0 Å². The lowest BCUT2D eigenvalue weighted by atomic mass is 10.2. The van der Waals surface area contributed by atoms with E-state index in [1.165, 1.54) is 4.90 Å². The van der Waals surface area contributed by atoms with E-state index in [-0.39, 0.29) is 11.7 Å². The van der Waals surface area contributed by atoms with Gasteiger partial charge in [0.25, 0.3) is 17.6 Å². The molecule has 0 aliphatic heterocycles. The van der Waals surface area contributed by atoms with Crippen LogP contribution in [-0.4, -0.2) is 51.4 Å². The van der Waals surface area contributed by atoms with Crippen LogP contribution in [0.4, 0.5) is 5.69 Å². The normalized spacial score (nSPS) is 10.0. The molecule has 0 saturated heterocycles. The fourth-order valence-corrected chi connectivity index (χ4v) is 1.40. The van der Waals surface area contributed by atoms with E-state index in [0.29, 0.717) is 11.3 Å². The number of nitrogens with zero attached hydrogens (tertiary/aromatic N) is 4. The first-order chi connectivity index (χ1) is 9.08. The number of amides is 2. The quantitative estimate of drug-likeness (QED) is 0.817. The van der Waals surface area contributed by atoms with Crippen molar-refractivity contribution in [2.24, 2.45) is 0 Å². The van der Waals surface area contributed by atoms with Crippen molar-refractivity contribution < 1.29 is 9.59 Å². The van der Waals surface area contributed by atoms with Crippen LogP contribution in [0.3, 0.4) is 0 Å². The third-order valence-corrected chi connectivity index (χ3v) is 2.34. The zero-order valence-electron chi connectivity index (χ0n) is 10.4. The molecular formula is C11H12N6O2. The fourth-order valence-electron chi connectivity index (χ4n) is 1.40. The van der Waals surface area contributed by atoms with Crippen molar-refractivity contribution in [3.8, 4) is 0 Å². The van der Waals surface area contributed by atoms with Gasteiger partial charge in [-0.1, -0.05) is 0 Å². The third-order valence-electron chi connectivity index (χ3n) is 2.34. The summed E-state index contributed by atoms with van der Waals surface area (Å²) in [5.74, 6) is -0.620. The highest BCUT2D eigenvalue weighted by atomic mass is 16.2. The summed E-state index contributed by atoms with van der Waals surface area (Å²) in [5, 5.41) is 15.2. The topological polar surface area (TPSA) is 104 Å². The Kier molecular flexibility index (Phi) is 3.51. The summed E-state index contributed by atoms with van der Waals surface area (Å²) in [5.41, 5.74) is 1.09. The van der Waals surface area contributed by atoms with Crippen molar-refractivity contribution in [3.05, 3.63) is 35.7 Å². The second-order valence-corrected chi connectivity index (χ2v) is 3.97. The number of hydrogen-bond acceptors (Lipinski definition) is 5. The first-order valence-corrected chi connectivity index (χ1v) is 5.44. The Hall–Kier alpha value is -2.77. The molecule has 2 rings (SSSR count). The van der Waals surface area contributed by atoms with Gasteiger partial charge in [-0.05, 0) is 29.5 Å².